The van der Waals surface area contributed by atoms with Crippen molar-refractivity contribution in [2.75, 3.05) is 20.6 Å². The van der Waals surface area contributed by atoms with E-state index in [9.17, 15) is 5.11 Å². The van der Waals surface area contributed by atoms with E-state index in [0.29, 0.717) is 6.42 Å². The monoisotopic (exact) mass is 256 g/mol. The van der Waals surface area contributed by atoms with E-state index in [1.165, 1.54) is 0 Å². The molecule has 0 bridgehead atoms. The molecular formula is C16H20N2O. The number of rotatable bonds is 5. The summed E-state index contributed by atoms with van der Waals surface area (Å²) in [5, 5.41) is 11.1. The molecule has 0 fully saturated rings. The normalized spacial score (nSPS) is 14.3. The number of pyridine rings is 1. The third-order valence-electron chi connectivity index (χ3n) is 3.31. The molecule has 100 valence electrons. The number of aromatic nitrogens is 1. The van der Waals surface area contributed by atoms with Gasteiger partial charge in [-0.2, -0.15) is 0 Å². The summed E-state index contributed by atoms with van der Waals surface area (Å²) < 4.78 is 0. The van der Waals surface area contributed by atoms with E-state index in [0.717, 1.165) is 17.7 Å². The first-order valence-corrected chi connectivity index (χ1v) is 6.46. The van der Waals surface area contributed by atoms with Crippen LogP contribution in [0.3, 0.4) is 0 Å². The van der Waals surface area contributed by atoms with Crippen LogP contribution < -0.4 is 0 Å². The fraction of sp³-hybridized carbons (Fsp3) is 0.312. The van der Waals surface area contributed by atoms with Crippen LogP contribution in [0.25, 0.3) is 0 Å². The maximum atomic E-state index is 11.1. The molecule has 1 aromatic carbocycles. The number of hydrogen-bond acceptors (Lipinski definition) is 3. The molecule has 0 saturated carbocycles. The molecule has 0 unspecified atom stereocenters. The van der Waals surface area contributed by atoms with Gasteiger partial charge in [0.15, 0.2) is 0 Å². The quantitative estimate of drug-likeness (QED) is 0.891. The zero-order chi connectivity index (χ0) is 13.7. The van der Waals surface area contributed by atoms with Crippen LogP contribution in [0, 0.1) is 0 Å². The Balaban J connectivity index is 2.39. The Morgan fingerprint density at radius 1 is 1.05 bits per heavy atom. The number of hydrogen-bond donors (Lipinski definition) is 1. The van der Waals surface area contributed by atoms with Crippen molar-refractivity contribution >= 4 is 0 Å². The Kier molecular flexibility index (Phi) is 4.30. The fourth-order valence-electron chi connectivity index (χ4n) is 2.16. The number of nitrogens with zero attached hydrogens (tertiary/aromatic N) is 2. The third kappa shape index (κ3) is 3.19. The first-order valence-electron chi connectivity index (χ1n) is 6.46. The van der Waals surface area contributed by atoms with Crippen molar-refractivity contribution in [1.82, 2.24) is 9.88 Å². The summed E-state index contributed by atoms with van der Waals surface area (Å²) in [6.45, 7) is 0.806. The molecule has 2 rings (SSSR count). The van der Waals surface area contributed by atoms with Crippen molar-refractivity contribution in [2.24, 2.45) is 0 Å². The fourth-order valence-corrected chi connectivity index (χ4v) is 2.16. The first kappa shape index (κ1) is 13.7. The largest absolute Gasteiger partial charge is 0.380 e. The van der Waals surface area contributed by atoms with Crippen LogP contribution >= 0.6 is 0 Å². The van der Waals surface area contributed by atoms with Crippen LogP contribution in [-0.4, -0.2) is 35.6 Å². The molecule has 0 radical (unpaired) electrons. The van der Waals surface area contributed by atoms with Gasteiger partial charge in [0.25, 0.3) is 0 Å². The molecule has 0 spiro atoms. The van der Waals surface area contributed by atoms with Crippen LogP contribution in [0.4, 0.5) is 0 Å². The molecule has 1 atom stereocenters. The second kappa shape index (κ2) is 5.95. The molecule has 2 aromatic rings. The molecule has 1 aromatic heterocycles. The molecule has 0 saturated heterocycles. The second-order valence-corrected chi connectivity index (χ2v) is 5.02. The third-order valence-corrected chi connectivity index (χ3v) is 3.31. The van der Waals surface area contributed by atoms with Gasteiger partial charge in [0.2, 0.25) is 0 Å². The Bertz CT molecular complexity index is 457. The summed E-state index contributed by atoms with van der Waals surface area (Å²) in [6, 6.07) is 13.6. The topological polar surface area (TPSA) is 36.4 Å². The van der Waals surface area contributed by atoms with Gasteiger partial charge in [-0.25, -0.2) is 0 Å². The van der Waals surface area contributed by atoms with Crippen LogP contribution in [-0.2, 0) is 5.60 Å². The maximum absolute atomic E-state index is 11.1. The van der Waals surface area contributed by atoms with Gasteiger partial charge in [-0.3, -0.25) is 4.98 Å². The lowest BCUT2D eigenvalue weighted by molar-refractivity contribution is 0.0626. The van der Waals surface area contributed by atoms with Crippen molar-refractivity contribution in [3.63, 3.8) is 0 Å². The molecule has 0 aliphatic carbocycles. The lowest BCUT2D eigenvalue weighted by Gasteiger charge is -2.30. The highest BCUT2D eigenvalue weighted by atomic mass is 16.3. The van der Waals surface area contributed by atoms with Crippen molar-refractivity contribution in [2.45, 2.75) is 12.0 Å². The highest BCUT2D eigenvalue weighted by molar-refractivity contribution is 5.34. The smallest absolute Gasteiger partial charge is 0.117 e. The van der Waals surface area contributed by atoms with Gasteiger partial charge in [-0.1, -0.05) is 36.4 Å². The SMILES string of the molecule is CN(C)CC[C@@](O)(c1ccccc1)c1cccnc1. The predicted octanol–water partition coefficient (Wildman–Crippen LogP) is 2.27. The van der Waals surface area contributed by atoms with Crippen molar-refractivity contribution in [3.8, 4) is 0 Å². The molecule has 3 heteroatoms. The molecule has 0 amide bonds. The minimum absolute atomic E-state index is 0.635. The summed E-state index contributed by atoms with van der Waals surface area (Å²) in [5.74, 6) is 0. The van der Waals surface area contributed by atoms with Gasteiger partial charge in [-0.15, -0.1) is 0 Å². The van der Waals surface area contributed by atoms with Gasteiger partial charge in [0.1, 0.15) is 5.60 Å². The Hall–Kier alpha value is -1.71. The van der Waals surface area contributed by atoms with Crippen LogP contribution in [0.5, 0.6) is 0 Å². The Morgan fingerprint density at radius 2 is 1.74 bits per heavy atom. The summed E-state index contributed by atoms with van der Waals surface area (Å²) in [6.07, 6.45) is 4.10. The molecule has 0 aliphatic rings. The molecule has 19 heavy (non-hydrogen) atoms. The molecule has 1 heterocycles. The van der Waals surface area contributed by atoms with Gasteiger partial charge in [0.05, 0.1) is 0 Å². The zero-order valence-corrected chi connectivity index (χ0v) is 11.5. The van der Waals surface area contributed by atoms with Gasteiger partial charge >= 0.3 is 0 Å². The van der Waals surface area contributed by atoms with Crippen LogP contribution in [0.1, 0.15) is 17.5 Å². The first-order chi connectivity index (χ1) is 9.13. The Morgan fingerprint density at radius 3 is 2.32 bits per heavy atom. The Labute approximate surface area is 114 Å². The predicted molar refractivity (Wildman–Crippen MR) is 76.8 cm³/mol. The lowest BCUT2D eigenvalue weighted by atomic mass is 9.84. The molecule has 3 nitrogen and oxygen atoms in total. The van der Waals surface area contributed by atoms with E-state index in [-0.39, 0.29) is 0 Å². The number of benzene rings is 1. The maximum Gasteiger partial charge on any atom is 0.117 e. The van der Waals surface area contributed by atoms with Crippen molar-refractivity contribution in [3.05, 3.63) is 66.0 Å². The highest BCUT2D eigenvalue weighted by Crippen LogP contribution is 2.32. The van der Waals surface area contributed by atoms with Crippen LogP contribution in [0.2, 0.25) is 0 Å². The highest BCUT2D eigenvalue weighted by Gasteiger charge is 2.31. The second-order valence-electron chi connectivity index (χ2n) is 5.02. The molecule has 1 N–H and O–H groups in total. The van der Waals surface area contributed by atoms with Gasteiger partial charge in [0, 0.05) is 24.5 Å². The minimum Gasteiger partial charge on any atom is -0.380 e. The van der Waals surface area contributed by atoms with E-state index in [1.54, 1.807) is 12.4 Å². The van der Waals surface area contributed by atoms with E-state index >= 15 is 0 Å². The standard InChI is InChI=1S/C16H20N2O/c1-18(2)12-10-16(19,14-7-4-3-5-8-14)15-9-6-11-17-13-15/h3-9,11,13,19H,10,12H2,1-2H3/t16-/m1/s1. The van der Waals surface area contributed by atoms with E-state index in [1.807, 2.05) is 56.6 Å². The van der Waals surface area contributed by atoms with E-state index in [4.69, 9.17) is 0 Å². The summed E-state index contributed by atoms with van der Waals surface area (Å²) in [4.78, 5) is 6.20. The van der Waals surface area contributed by atoms with Crippen molar-refractivity contribution < 1.29 is 5.11 Å². The van der Waals surface area contributed by atoms with Gasteiger partial charge < -0.3 is 10.0 Å². The van der Waals surface area contributed by atoms with Gasteiger partial charge in [-0.05, 0) is 32.1 Å². The van der Waals surface area contributed by atoms with E-state index < -0.39 is 5.60 Å². The summed E-state index contributed by atoms with van der Waals surface area (Å²) in [7, 11) is 4.02. The average Bonchev–Trinajstić information content (AvgIpc) is 2.46. The summed E-state index contributed by atoms with van der Waals surface area (Å²) in [5.41, 5.74) is 0.757. The summed E-state index contributed by atoms with van der Waals surface area (Å²) >= 11 is 0. The molecule has 0 aliphatic heterocycles. The number of aliphatic hydroxyl groups is 1. The lowest BCUT2D eigenvalue weighted by Crippen LogP contribution is -2.31. The average molecular weight is 256 g/mol. The minimum atomic E-state index is -0.986. The van der Waals surface area contributed by atoms with Crippen molar-refractivity contribution in [1.29, 1.82) is 0 Å². The van der Waals surface area contributed by atoms with Crippen LogP contribution in [0.15, 0.2) is 54.9 Å². The molecular weight excluding hydrogens is 236 g/mol. The zero-order valence-electron chi connectivity index (χ0n) is 11.5. The van der Waals surface area contributed by atoms with E-state index in [2.05, 4.69) is 9.88 Å².